The van der Waals surface area contributed by atoms with Crippen LogP contribution in [0.15, 0.2) is 42.5 Å². The monoisotopic (exact) mass is 301 g/mol. The number of hydrogen-bond donors (Lipinski definition) is 1. The zero-order chi connectivity index (χ0) is 16.3. The van der Waals surface area contributed by atoms with E-state index in [4.69, 9.17) is 0 Å². The molecule has 22 heavy (non-hydrogen) atoms. The number of aryl methyl sites for hydroxylation is 1. The third-order valence-electron chi connectivity index (χ3n) is 2.95. The second-order valence-corrected chi connectivity index (χ2v) is 4.54. The molecule has 0 aliphatic rings. The Balaban J connectivity index is 2.32. The van der Waals surface area contributed by atoms with Crippen molar-refractivity contribution >= 4 is 23.0 Å². The molecule has 2 aromatic carbocycles. The van der Waals surface area contributed by atoms with Gasteiger partial charge in [-0.2, -0.15) is 0 Å². The van der Waals surface area contributed by atoms with Crippen molar-refractivity contribution in [1.82, 2.24) is 0 Å². The maximum absolute atomic E-state index is 12.1. The molecule has 2 aromatic rings. The predicted octanol–water partition coefficient (Wildman–Crippen LogP) is 3.06. The molecule has 0 spiro atoms. The van der Waals surface area contributed by atoms with Gasteiger partial charge in [0.1, 0.15) is 5.69 Å². The maximum atomic E-state index is 12.1. The van der Waals surface area contributed by atoms with Crippen LogP contribution in [0.25, 0.3) is 0 Å². The molecule has 112 valence electrons. The van der Waals surface area contributed by atoms with Crippen molar-refractivity contribution in [3.63, 3.8) is 0 Å². The van der Waals surface area contributed by atoms with Crippen LogP contribution in [0.1, 0.15) is 15.9 Å². The number of non-ortho nitro benzene ring substituents is 1. The molecule has 8 nitrogen and oxygen atoms in total. The van der Waals surface area contributed by atoms with E-state index in [0.717, 1.165) is 23.8 Å². The Labute approximate surface area is 124 Å². The molecule has 0 aromatic heterocycles. The van der Waals surface area contributed by atoms with E-state index < -0.39 is 27.1 Å². The number of hydrogen-bond acceptors (Lipinski definition) is 5. The molecule has 1 N–H and O–H groups in total. The molecule has 0 saturated heterocycles. The van der Waals surface area contributed by atoms with Crippen LogP contribution in [0, 0.1) is 27.2 Å². The molecule has 8 heteroatoms. The van der Waals surface area contributed by atoms with E-state index in [-0.39, 0.29) is 5.69 Å². The molecule has 1 amide bonds. The summed E-state index contributed by atoms with van der Waals surface area (Å²) in [7, 11) is 0. The van der Waals surface area contributed by atoms with Crippen molar-refractivity contribution in [2.75, 3.05) is 5.32 Å². The molecule has 0 bridgehead atoms. The van der Waals surface area contributed by atoms with E-state index in [2.05, 4.69) is 5.32 Å². The number of anilines is 1. The van der Waals surface area contributed by atoms with Crippen molar-refractivity contribution in [3.05, 3.63) is 73.8 Å². The highest BCUT2D eigenvalue weighted by Crippen LogP contribution is 2.29. The summed E-state index contributed by atoms with van der Waals surface area (Å²) in [5, 5.41) is 24.0. The largest absolute Gasteiger partial charge is 0.316 e. The molecular weight excluding hydrogens is 290 g/mol. The molecule has 0 aliphatic carbocycles. The normalized spacial score (nSPS) is 10.0. The first-order valence-corrected chi connectivity index (χ1v) is 6.19. The fourth-order valence-corrected chi connectivity index (χ4v) is 1.79. The zero-order valence-corrected chi connectivity index (χ0v) is 11.5. The van der Waals surface area contributed by atoms with Gasteiger partial charge in [0.2, 0.25) is 0 Å². The molecule has 0 aliphatic heterocycles. The van der Waals surface area contributed by atoms with Crippen molar-refractivity contribution in [1.29, 1.82) is 0 Å². The SMILES string of the molecule is Cc1ccc(C(=O)Nc2ccc([N+](=O)[O-])cc2[N+](=O)[O-])cc1. The van der Waals surface area contributed by atoms with Gasteiger partial charge in [0, 0.05) is 11.6 Å². The Hall–Kier alpha value is -3.29. The van der Waals surface area contributed by atoms with Crippen LogP contribution in [-0.2, 0) is 0 Å². The smallest absolute Gasteiger partial charge is 0.299 e. The van der Waals surface area contributed by atoms with Gasteiger partial charge in [-0.05, 0) is 25.1 Å². The van der Waals surface area contributed by atoms with Gasteiger partial charge in [-0.15, -0.1) is 0 Å². The minimum Gasteiger partial charge on any atom is -0.316 e. The fourth-order valence-electron chi connectivity index (χ4n) is 1.79. The Morgan fingerprint density at radius 2 is 1.64 bits per heavy atom. The lowest BCUT2D eigenvalue weighted by atomic mass is 10.1. The quantitative estimate of drug-likeness (QED) is 0.688. The Morgan fingerprint density at radius 3 is 2.18 bits per heavy atom. The number of nitrogens with zero attached hydrogens (tertiary/aromatic N) is 2. The first kappa shape index (κ1) is 15.1. The number of benzene rings is 2. The molecule has 0 fully saturated rings. The highest BCUT2D eigenvalue weighted by atomic mass is 16.6. The number of nitrogens with one attached hydrogen (secondary N) is 1. The first-order chi connectivity index (χ1) is 10.4. The number of carbonyl (C=O) groups is 1. The fraction of sp³-hybridized carbons (Fsp3) is 0.0714. The van der Waals surface area contributed by atoms with Crippen LogP contribution < -0.4 is 5.32 Å². The Bertz CT molecular complexity index is 756. The lowest BCUT2D eigenvalue weighted by molar-refractivity contribution is -0.393. The van der Waals surface area contributed by atoms with Gasteiger partial charge in [-0.3, -0.25) is 25.0 Å². The summed E-state index contributed by atoms with van der Waals surface area (Å²) in [5.41, 5.74) is 0.256. The minimum absolute atomic E-state index is 0.0961. The number of nitro groups is 2. The van der Waals surface area contributed by atoms with Crippen molar-refractivity contribution in [2.24, 2.45) is 0 Å². The number of nitro benzene ring substituents is 2. The molecule has 2 rings (SSSR count). The lowest BCUT2D eigenvalue weighted by Crippen LogP contribution is -2.13. The van der Waals surface area contributed by atoms with Crippen molar-refractivity contribution in [3.8, 4) is 0 Å². The van der Waals surface area contributed by atoms with Gasteiger partial charge in [0.15, 0.2) is 0 Å². The second-order valence-electron chi connectivity index (χ2n) is 4.54. The van der Waals surface area contributed by atoms with E-state index in [1.165, 1.54) is 0 Å². The van der Waals surface area contributed by atoms with E-state index in [0.29, 0.717) is 5.56 Å². The van der Waals surface area contributed by atoms with Crippen LogP contribution in [0.4, 0.5) is 17.1 Å². The molecule has 0 saturated carbocycles. The van der Waals surface area contributed by atoms with Gasteiger partial charge >= 0.3 is 0 Å². The summed E-state index contributed by atoms with van der Waals surface area (Å²) < 4.78 is 0. The van der Waals surface area contributed by atoms with Gasteiger partial charge in [-0.1, -0.05) is 17.7 Å². The highest BCUT2D eigenvalue weighted by molar-refractivity contribution is 6.05. The van der Waals surface area contributed by atoms with E-state index in [9.17, 15) is 25.0 Å². The lowest BCUT2D eigenvalue weighted by Gasteiger charge is -2.06. The number of carbonyl (C=O) groups excluding carboxylic acids is 1. The zero-order valence-electron chi connectivity index (χ0n) is 11.5. The number of amides is 1. The van der Waals surface area contributed by atoms with Crippen LogP contribution in [0.3, 0.4) is 0 Å². The molecule has 0 heterocycles. The van der Waals surface area contributed by atoms with Crippen molar-refractivity contribution < 1.29 is 14.6 Å². The number of rotatable bonds is 4. The van der Waals surface area contributed by atoms with Gasteiger partial charge in [0.05, 0.1) is 15.9 Å². The average Bonchev–Trinajstić information content (AvgIpc) is 2.47. The predicted molar refractivity (Wildman–Crippen MR) is 78.9 cm³/mol. The molecule has 0 unspecified atom stereocenters. The standard InChI is InChI=1S/C14H11N3O5/c1-9-2-4-10(5-3-9)14(18)15-12-7-6-11(16(19)20)8-13(12)17(21)22/h2-8H,1H3,(H,15,18). The van der Waals surface area contributed by atoms with Crippen LogP contribution in [0.5, 0.6) is 0 Å². The third kappa shape index (κ3) is 3.23. The highest BCUT2D eigenvalue weighted by Gasteiger charge is 2.21. The van der Waals surface area contributed by atoms with Crippen LogP contribution >= 0.6 is 0 Å². The molecule has 0 atom stereocenters. The van der Waals surface area contributed by atoms with Crippen LogP contribution in [0.2, 0.25) is 0 Å². The summed E-state index contributed by atoms with van der Waals surface area (Å²) in [4.78, 5) is 32.2. The van der Waals surface area contributed by atoms with Gasteiger partial charge in [-0.25, -0.2) is 0 Å². The summed E-state index contributed by atoms with van der Waals surface area (Å²) in [5.74, 6) is -0.531. The molecular formula is C14H11N3O5. The first-order valence-electron chi connectivity index (χ1n) is 6.19. The minimum atomic E-state index is -0.780. The van der Waals surface area contributed by atoms with Gasteiger partial charge < -0.3 is 5.32 Å². The second kappa shape index (κ2) is 6.00. The Morgan fingerprint density at radius 1 is 1.00 bits per heavy atom. The average molecular weight is 301 g/mol. The maximum Gasteiger partial charge on any atom is 0.299 e. The van der Waals surface area contributed by atoms with E-state index in [1.807, 2.05) is 6.92 Å². The van der Waals surface area contributed by atoms with E-state index >= 15 is 0 Å². The van der Waals surface area contributed by atoms with Gasteiger partial charge in [0.25, 0.3) is 17.3 Å². The van der Waals surface area contributed by atoms with Crippen molar-refractivity contribution in [2.45, 2.75) is 6.92 Å². The third-order valence-corrected chi connectivity index (χ3v) is 2.95. The summed E-state index contributed by atoms with van der Waals surface area (Å²) >= 11 is 0. The summed E-state index contributed by atoms with van der Waals surface area (Å²) in [6, 6.07) is 9.69. The topological polar surface area (TPSA) is 115 Å². The summed E-state index contributed by atoms with van der Waals surface area (Å²) in [6.45, 7) is 1.86. The van der Waals surface area contributed by atoms with E-state index in [1.54, 1.807) is 24.3 Å². The summed E-state index contributed by atoms with van der Waals surface area (Å²) in [6.07, 6.45) is 0. The van der Waals surface area contributed by atoms with Crippen LogP contribution in [-0.4, -0.2) is 15.8 Å². The Kier molecular flexibility index (Phi) is 4.12. The molecule has 0 radical (unpaired) electrons.